The molecule has 0 radical (unpaired) electrons. The van der Waals surface area contributed by atoms with Gasteiger partial charge >= 0.3 is 0 Å². The number of hydrogen-bond acceptors (Lipinski definition) is 1. The van der Waals surface area contributed by atoms with Crippen molar-refractivity contribution in [3.05, 3.63) is 35.6 Å². The Morgan fingerprint density at radius 2 is 1.75 bits per heavy atom. The molecule has 1 nitrogen and oxygen atoms in total. The molecule has 1 aromatic carbocycles. The number of aldehydes is 1. The van der Waals surface area contributed by atoms with Crippen LogP contribution in [-0.2, 0) is 8.03 Å². The minimum Gasteiger partial charge on any atom is -0.300 e. The van der Waals surface area contributed by atoms with Crippen molar-refractivity contribution < 1.29 is 9.18 Å². The fourth-order valence-corrected chi connectivity index (χ4v) is 1.27. The predicted molar refractivity (Wildman–Crippen MR) is 52.0 cm³/mol. The van der Waals surface area contributed by atoms with Crippen molar-refractivity contribution >= 4 is 38.1 Å². The molecule has 0 fully saturated rings. The van der Waals surface area contributed by atoms with Crippen molar-refractivity contribution in [1.82, 2.24) is 0 Å². The summed E-state index contributed by atoms with van der Waals surface area (Å²) in [6, 6.07) is 5.67. The Morgan fingerprint density at radius 1 is 1.25 bits per heavy atom. The van der Waals surface area contributed by atoms with E-state index in [-0.39, 0.29) is 5.82 Å². The van der Waals surface area contributed by atoms with Gasteiger partial charge in [-0.1, -0.05) is 44.0 Å². The summed E-state index contributed by atoms with van der Waals surface area (Å²) in [4.78, 5) is 10.5. The zero-order chi connectivity index (χ0) is 9.19. The molecule has 1 aromatic rings. The van der Waals surface area contributed by atoms with Gasteiger partial charge in [0.2, 0.25) is 0 Å². The minimum atomic E-state index is -0.895. The molecule has 64 valence electrons. The quantitative estimate of drug-likeness (QED) is 0.606. The lowest BCUT2D eigenvalue weighted by Gasteiger charge is -2.12. The molecule has 4 heteroatoms. The Balaban J connectivity index is 3.04. The fourth-order valence-electron chi connectivity index (χ4n) is 0.740. The standard InChI is InChI=1S/C8H5Br2FO/c9-8(10,5-12)6-1-3-7(11)4-2-6/h1-5H. The summed E-state index contributed by atoms with van der Waals surface area (Å²) >= 11 is 6.28. The van der Waals surface area contributed by atoms with E-state index in [9.17, 15) is 9.18 Å². The van der Waals surface area contributed by atoms with Crippen LogP contribution in [0.4, 0.5) is 4.39 Å². The number of carbonyl (C=O) groups excluding carboxylic acids is 1. The molecule has 0 saturated heterocycles. The largest absolute Gasteiger partial charge is 0.300 e. The van der Waals surface area contributed by atoms with E-state index in [1.807, 2.05) is 0 Å². The highest BCUT2D eigenvalue weighted by molar-refractivity contribution is 9.25. The molecule has 1 rings (SSSR count). The number of halogens is 3. The van der Waals surface area contributed by atoms with E-state index in [1.165, 1.54) is 24.3 Å². The average Bonchev–Trinajstić information content (AvgIpc) is 2.05. The highest BCUT2D eigenvalue weighted by Gasteiger charge is 2.23. The lowest BCUT2D eigenvalue weighted by atomic mass is 10.2. The van der Waals surface area contributed by atoms with Crippen LogP contribution in [0.25, 0.3) is 0 Å². The number of benzene rings is 1. The second-order valence-corrected chi connectivity index (χ2v) is 5.81. The molecule has 0 aliphatic rings. The van der Waals surface area contributed by atoms with Crippen LogP contribution in [0.2, 0.25) is 0 Å². The molecule has 0 N–H and O–H groups in total. The van der Waals surface area contributed by atoms with E-state index in [2.05, 4.69) is 31.9 Å². The summed E-state index contributed by atoms with van der Waals surface area (Å²) in [5.41, 5.74) is 0.666. The van der Waals surface area contributed by atoms with Crippen LogP contribution in [-0.4, -0.2) is 6.29 Å². The topological polar surface area (TPSA) is 17.1 Å². The second-order valence-electron chi connectivity index (χ2n) is 2.25. The maximum atomic E-state index is 12.5. The van der Waals surface area contributed by atoms with Gasteiger partial charge in [-0.3, -0.25) is 0 Å². The first-order valence-corrected chi connectivity index (χ1v) is 4.75. The Labute approximate surface area is 86.2 Å². The lowest BCUT2D eigenvalue weighted by Crippen LogP contribution is -2.09. The van der Waals surface area contributed by atoms with Crippen LogP contribution in [0.1, 0.15) is 5.56 Å². The van der Waals surface area contributed by atoms with E-state index in [4.69, 9.17) is 0 Å². The van der Waals surface area contributed by atoms with Crippen LogP contribution in [0, 0.1) is 5.82 Å². The molecular formula is C8H5Br2FO. The van der Waals surface area contributed by atoms with Crippen LogP contribution in [0.3, 0.4) is 0 Å². The molecule has 0 saturated carbocycles. The Morgan fingerprint density at radius 3 is 2.17 bits per heavy atom. The SMILES string of the molecule is O=CC(Br)(Br)c1ccc(F)cc1. The molecule has 0 aromatic heterocycles. The third-order valence-corrected chi connectivity index (χ3v) is 2.67. The highest BCUT2D eigenvalue weighted by atomic mass is 79.9. The van der Waals surface area contributed by atoms with Crippen LogP contribution in [0.5, 0.6) is 0 Å². The van der Waals surface area contributed by atoms with E-state index in [0.29, 0.717) is 11.8 Å². The van der Waals surface area contributed by atoms with Gasteiger partial charge in [0.05, 0.1) is 0 Å². The number of rotatable bonds is 2. The average molecular weight is 296 g/mol. The van der Waals surface area contributed by atoms with E-state index in [0.717, 1.165) is 0 Å². The van der Waals surface area contributed by atoms with Gasteiger partial charge in [-0.25, -0.2) is 4.39 Å². The minimum absolute atomic E-state index is 0.319. The molecule has 0 amide bonds. The summed E-state index contributed by atoms with van der Waals surface area (Å²) in [6.45, 7) is 0. The zero-order valence-corrected chi connectivity index (χ0v) is 9.10. The van der Waals surface area contributed by atoms with Gasteiger partial charge in [-0.15, -0.1) is 0 Å². The maximum absolute atomic E-state index is 12.5. The molecule has 0 spiro atoms. The Bertz CT molecular complexity index is 282. The van der Waals surface area contributed by atoms with Gasteiger partial charge in [0.15, 0.2) is 9.52 Å². The van der Waals surface area contributed by atoms with Crippen molar-refractivity contribution in [2.75, 3.05) is 0 Å². The van der Waals surface area contributed by atoms with E-state index >= 15 is 0 Å². The second kappa shape index (κ2) is 3.66. The first kappa shape index (κ1) is 9.86. The molecule has 0 aliphatic heterocycles. The number of alkyl halides is 2. The Kier molecular flexibility index (Phi) is 3.01. The van der Waals surface area contributed by atoms with Gasteiger partial charge in [-0.05, 0) is 17.7 Å². The van der Waals surface area contributed by atoms with E-state index < -0.39 is 3.23 Å². The predicted octanol–water partition coefficient (Wildman–Crippen LogP) is 2.97. The van der Waals surface area contributed by atoms with Crippen LogP contribution >= 0.6 is 31.9 Å². The summed E-state index contributed by atoms with van der Waals surface area (Å²) in [5.74, 6) is -0.319. The lowest BCUT2D eigenvalue weighted by molar-refractivity contribution is -0.107. The first-order valence-electron chi connectivity index (χ1n) is 3.16. The van der Waals surface area contributed by atoms with Crippen molar-refractivity contribution in [1.29, 1.82) is 0 Å². The first-order chi connectivity index (χ1) is 5.56. The van der Waals surface area contributed by atoms with Crippen molar-refractivity contribution in [2.24, 2.45) is 0 Å². The molecule has 0 bridgehead atoms. The smallest absolute Gasteiger partial charge is 0.160 e. The van der Waals surface area contributed by atoms with Crippen molar-refractivity contribution in [2.45, 2.75) is 3.23 Å². The molecule has 12 heavy (non-hydrogen) atoms. The van der Waals surface area contributed by atoms with Gasteiger partial charge in [-0.2, -0.15) is 0 Å². The molecule has 0 aliphatic carbocycles. The third kappa shape index (κ3) is 2.14. The zero-order valence-electron chi connectivity index (χ0n) is 5.93. The van der Waals surface area contributed by atoms with E-state index in [1.54, 1.807) is 0 Å². The molecular weight excluding hydrogens is 291 g/mol. The summed E-state index contributed by atoms with van der Waals surface area (Å²) < 4.78 is 11.6. The fraction of sp³-hybridized carbons (Fsp3) is 0.125. The molecule has 0 heterocycles. The summed E-state index contributed by atoms with van der Waals surface area (Å²) in [7, 11) is 0. The van der Waals surface area contributed by atoms with Crippen molar-refractivity contribution in [3.8, 4) is 0 Å². The Hall–Kier alpha value is -0.220. The van der Waals surface area contributed by atoms with Crippen LogP contribution < -0.4 is 0 Å². The van der Waals surface area contributed by atoms with Gasteiger partial charge in [0.1, 0.15) is 5.82 Å². The maximum Gasteiger partial charge on any atom is 0.160 e. The van der Waals surface area contributed by atoms with Gasteiger partial charge in [0.25, 0.3) is 0 Å². The van der Waals surface area contributed by atoms with Gasteiger partial charge < -0.3 is 4.79 Å². The monoisotopic (exact) mass is 294 g/mol. The third-order valence-electron chi connectivity index (χ3n) is 1.38. The number of carbonyl (C=O) groups is 1. The summed E-state index contributed by atoms with van der Waals surface area (Å²) in [5, 5.41) is 0. The summed E-state index contributed by atoms with van der Waals surface area (Å²) in [6.07, 6.45) is 0.695. The molecule has 0 atom stereocenters. The van der Waals surface area contributed by atoms with Gasteiger partial charge in [0, 0.05) is 0 Å². The normalized spacial score (nSPS) is 11.2. The van der Waals surface area contributed by atoms with Crippen LogP contribution in [0.15, 0.2) is 24.3 Å². The molecule has 0 unspecified atom stereocenters. The highest BCUT2D eigenvalue weighted by Crippen LogP contribution is 2.35. The number of hydrogen-bond donors (Lipinski definition) is 0. The van der Waals surface area contributed by atoms with Crippen molar-refractivity contribution in [3.63, 3.8) is 0 Å².